The Kier molecular flexibility index (Phi) is 3.00. The number of carbonyl (C=O) groups excluding carboxylic acids is 2. The van der Waals surface area contributed by atoms with Crippen LogP contribution in [0.15, 0.2) is 36.0 Å². The molecule has 2 amide bonds. The molecule has 2 heterocycles. The molecule has 19 heavy (non-hydrogen) atoms. The van der Waals surface area contributed by atoms with Gasteiger partial charge in [-0.25, -0.2) is 0 Å². The third kappa shape index (κ3) is 2.34. The maximum absolute atomic E-state index is 12.3. The van der Waals surface area contributed by atoms with Crippen LogP contribution in [-0.4, -0.2) is 28.2 Å². The molecule has 1 aromatic carbocycles. The third-order valence-corrected chi connectivity index (χ3v) is 3.68. The summed E-state index contributed by atoms with van der Waals surface area (Å²) >= 11 is 1.28. The van der Waals surface area contributed by atoms with Crippen molar-refractivity contribution in [2.75, 3.05) is 11.9 Å². The Bertz CT molecular complexity index is 625. The lowest BCUT2D eigenvalue weighted by Crippen LogP contribution is -2.34. The molecule has 0 aliphatic carbocycles. The largest absolute Gasteiger partial charge is 0.324 e. The van der Waals surface area contributed by atoms with E-state index in [9.17, 15) is 9.59 Å². The van der Waals surface area contributed by atoms with Crippen molar-refractivity contribution in [1.82, 2.24) is 9.88 Å². The zero-order chi connectivity index (χ0) is 13.2. The minimum atomic E-state index is -0.178. The van der Waals surface area contributed by atoms with Gasteiger partial charge in [-0.2, -0.15) is 0 Å². The van der Waals surface area contributed by atoms with Crippen molar-refractivity contribution in [1.29, 1.82) is 0 Å². The summed E-state index contributed by atoms with van der Waals surface area (Å²) in [5, 5.41) is 2.81. The molecule has 0 bridgehead atoms. The molecule has 1 aliphatic rings. The lowest BCUT2D eigenvalue weighted by Gasteiger charge is -2.18. The van der Waals surface area contributed by atoms with Crippen LogP contribution in [0.5, 0.6) is 0 Å². The number of anilines is 1. The van der Waals surface area contributed by atoms with E-state index in [4.69, 9.17) is 0 Å². The number of fused-ring (bicyclic) bond motifs is 1. The number of hydrogen-bond donors (Lipinski definition) is 1. The molecule has 1 aromatic heterocycles. The summed E-state index contributed by atoms with van der Waals surface area (Å²) in [7, 11) is 0. The average Bonchev–Trinajstić information content (AvgIpc) is 2.87. The number of benzene rings is 1. The number of para-hydroxylation sites is 1. The van der Waals surface area contributed by atoms with E-state index in [1.807, 2.05) is 24.3 Å². The van der Waals surface area contributed by atoms with Gasteiger partial charge < -0.3 is 10.2 Å². The van der Waals surface area contributed by atoms with E-state index in [-0.39, 0.29) is 18.4 Å². The molecule has 0 atom stereocenters. The van der Waals surface area contributed by atoms with Crippen LogP contribution in [0.4, 0.5) is 5.69 Å². The van der Waals surface area contributed by atoms with Crippen LogP contribution in [0.3, 0.4) is 0 Å². The van der Waals surface area contributed by atoms with Crippen LogP contribution in [0.1, 0.15) is 15.2 Å². The van der Waals surface area contributed by atoms with E-state index in [1.54, 1.807) is 5.51 Å². The number of hydrogen-bond acceptors (Lipinski definition) is 4. The van der Waals surface area contributed by atoms with E-state index < -0.39 is 0 Å². The first-order chi connectivity index (χ1) is 9.24. The smallest absolute Gasteiger partial charge is 0.266 e. The third-order valence-electron chi connectivity index (χ3n) is 2.92. The van der Waals surface area contributed by atoms with Gasteiger partial charge in [0.2, 0.25) is 5.91 Å². The van der Waals surface area contributed by atoms with Crippen molar-refractivity contribution in [2.45, 2.75) is 6.54 Å². The maximum atomic E-state index is 12.3. The van der Waals surface area contributed by atoms with Gasteiger partial charge in [0, 0.05) is 12.2 Å². The quantitative estimate of drug-likeness (QED) is 0.860. The van der Waals surface area contributed by atoms with E-state index in [2.05, 4.69) is 10.3 Å². The van der Waals surface area contributed by atoms with Gasteiger partial charge in [-0.15, -0.1) is 11.3 Å². The number of carbonyl (C=O) groups is 2. The van der Waals surface area contributed by atoms with Crippen molar-refractivity contribution in [3.05, 3.63) is 46.4 Å². The fourth-order valence-corrected chi connectivity index (χ4v) is 2.61. The highest BCUT2D eigenvalue weighted by atomic mass is 32.1. The maximum Gasteiger partial charge on any atom is 0.266 e. The molecule has 0 unspecified atom stereocenters. The Hall–Kier alpha value is -2.21. The van der Waals surface area contributed by atoms with Crippen molar-refractivity contribution < 1.29 is 9.59 Å². The minimum absolute atomic E-state index is 0.0609. The van der Waals surface area contributed by atoms with E-state index in [0.29, 0.717) is 11.4 Å². The zero-order valence-corrected chi connectivity index (χ0v) is 10.8. The van der Waals surface area contributed by atoms with Gasteiger partial charge in [-0.3, -0.25) is 14.6 Å². The van der Waals surface area contributed by atoms with Crippen molar-refractivity contribution >= 4 is 28.8 Å². The number of nitrogens with zero attached hydrogens (tertiary/aromatic N) is 2. The molecule has 0 spiro atoms. The number of rotatable bonds is 1. The van der Waals surface area contributed by atoms with Gasteiger partial charge in [0.25, 0.3) is 5.91 Å². The van der Waals surface area contributed by atoms with Crippen LogP contribution in [0.2, 0.25) is 0 Å². The Morgan fingerprint density at radius 2 is 2.16 bits per heavy atom. The highest BCUT2D eigenvalue weighted by Gasteiger charge is 2.24. The molecule has 0 fully saturated rings. The number of nitrogens with one attached hydrogen (secondary N) is 1. The summed E-state index contributed by atoms with van der Waals surface area (Å²) in [6, 6.07) is 7.51. The predicted molar refractivity (Wildman–Crippen MR) is 71.9 cm³/mol. The standard InChI is InChI=1S/C13H11N3O2S/c17-12-7-16(13(18)11-5-14-8-19-11)6-9-3-1-2-4-10(9)15-12/h1-5,8H,6-7H2,(H,15,17). The molecule has 6 heteroatoms. The molecule has 0 radical (unpaired) electrons. The van der Waals surface area contributed by atoms with Crippen LogP contribution in [-0.2, 0) is 11.3 Å². The second kappa shape index (κ2) is 4.81. The first-order valence-electron chi connectivity index (χ1n) is 5.79. The average molecular weight is 273 g/mol. The SMILES string of the molecule is O=C1CN(C(=O)c2cncs2)Cc2ccccc2N1. The van der Waals surface area contributed by atoms with Gasteiger partial charge in [0.05, 0.1) is 11.7 Å². The summed E-state index contributed by atoms with van der Waals surface area (Å²) < 4.78 is 0. The van der Waals surface area contributed by atoms with E-state index in [1.165, 1.54) is 22.4 Å². The Morgan fingerprint density at radius 1 is 1.32 bits per heavy atom. The fourth-order valence-electron chi connectivity index (χ4n) is 2.03. The van der Waals surface area contributed by atoms with Crippen LogP contribution >= 0.6 is 11.3 Å². The molecule has 96 valence electrons. The van der Waals surface area contributed by atoms with Gasteiger partial charge >= 0.3 is 0 Å². The highest BCUT2D eigenvalue weighted by Crippen LogP contribution is 2.22. The normalized spacial score (nSPS) is 14.5. The van der Waals surface area contributed by atoms with Crippen LogP contribution in [0.25, 0.3) is 0 Å². The van der Waals surface area contributed by atoms with Crippen LogP contribution < -0.4 is 5.32 Å². The van der Waals surface area contributed by atoms with Gasteiger partial charge in [0.15, 0.2) is 0 Å². The Morgan fingerprint density at radius 3 is 2.95 bits per heavy atom. The number of aromatic nitrogens is 1. The van der Waals surface area contributed by atoms with E-state index >= 15 is 0 Å². The van der Waals surface area contributed by atoms with E-state index in [0.717, 1.165) is 11.3 Å². The Labute approximate surface area is 113 Å². The molecular weight excluding hydrogens is 262 g/mol. The lowest BCUT2D eigenvalue weighted by molar-refractivity contribution is -0.116. The lowest BCUT2D eigenvalue weighted by atomic mass is 10.1. The van der Waals surface area contributed by atoms with Crippen LogP contribution in [0, 0.1) is 0 Å². The van der Waals surface area contributed by atoms with Gasteiger partial charge in [-0.05, 0) is 11.6 Å². The van der Waals surface area contributed by atoms with Gasteiger partial charge in [-0.1, -0.05) is 18.2 Å². The number of amides is 2. The van der Waals surface area contributed by atoms with Crippen molar-refractivity contribution in [3.63, 3.8) is 0 Å². The molecule has 1 aliphatic heterocycles. The molecule has 0 saturated carbocycles. The summed E-state index contributed by atoms with van der Waals surface area (Å²) in [6.07, 6.45) is 1.53. The zero-order valence-electron chi connectivity index (χ0n) is 10.00. The topological polar surface area (TPSA) is 62.3 Å². The molecule has 2 aromatic rings. The summed E-state index contributed by atoms with van der Waals surface area (Å²) in [5.74, 6) is -0.336. The first-order valence-corrected chi connectivity index (χ1v) is 6.67. The Balaban J connectivity index is 1.92. The summed E-state index contributed by atoms with van der Waals surface area (Å²) in [6.45, 7) is 0.483. The molecule has 3 rings (SSSR count). The minimum Gasteiger partial charge on any atom is -0.324 e. The van der Waals surface area contributed by atoms with Crippen molar-refractivity contribution in [3.8, 4) is 0 Å². The fraction of sp³-hybridized carbons (Fsp3) is 0.154. The highest BCUT2D eigenvalue weighted by molar-refractivity contribution is 7.11. The van der Waals surface area contributed by atoms with Gasteiger partial charge in [0.1, 0.15) is 11.4 Å². The summed E-state index contributed by atoms with van der Waals surface area (Å²) in [4.78, 5) is 30.1. The molecule has 5 nitrogen and oxygen atoms in total. The monoisotopic (exact) mass is 273 g/mol. The predicted octanol–water partition coefficient (Wildman–Crippen LogP) is 1.74. The molecule has 0 saturated heterocycles. The second-order valence-corrected chi connectivity index (χ2v) is 5.12. The molecule has 1 N–H and O–H groups in total. The first kappa shape index (κ1) is 11.9. The second-order valence-electron chi connectivity index (χ2n) is 4.23. The summed E-state index contributed by atoms with van der Waals surface area (Å²) in [5.41, 5.74) is 3.32. The van der Waals surface area contributed by atoms with Crippen molar-refractivity contribution in [2.24, 2.45) is 0 Å². The molecular formula is C13H11N3O2S. The number of thiazole rings is 1.